The third-order valence-electron chi connectivity index (χ3n) is 4.13. The summed E-state index contributed by atoms with van der Waals surface area (Å²) in [6, 6.07) is 0.495. The molecule has 4 N–H and O–H groups in total. The van der Waals surface area contributed by atoms with Crippen molar-refractivity contribution in [2.45, 2.75) is 65.3 Å². The summed E-state index contributed by atoms with van der Waals surface area (Å²) in [5.41, 5.74) is 4.20. The van der Waals surface area contributed by atoms with Crippen LogP contribution < -0.4 is 16.6 Å². The Morgan fingerprint density at radius 2 is 2.10 bits per heavy atom. The lowest BCUT2D eigenvalue weighted by Crippen LogP contribution is -2.32. The molecule has 0 spiro atoms. The number of nitrogens with zero attached hydrogens (tertiary/aromatic N) is 2. The van der Waals surface area contributed by atoms with Gasteiger partial charge in [0.1, 0.15) is 18.0 Å². The Balaban J connectivity index is 2.16. The van der Waals surface area contributed by atoms with Gasteiger partial charge >= 0.3 is 0 Å². The second-order valence-electron chi connectivity index (χ2n) is 6.55. The van der Waals surface area contributed by atoms with Crippen molar-refractivity contribution in [2.24, 2.45) is 11.3 Å². The van der Waals surface area contributed by atoms with Crippen molar-refractivity contribution in [1.29, 1.82) is 0 Å². The highest BCUT2D eigenvalue weighted by Crippen LogP contribution is 2.36. The number of aromatic nitrogens is 2. The summed E-state index contributed by atoms with van der Waals surface area (Å²) >= 11 is 0. The van der Waals surface area contributed by atoms with Crippen LogP contribution in [0.5, 0.6) is 0 Å². The number of nitrogen functional groups attached to an aromatic ring is 1. The van der Waals surface area contributed by atoms with E-state index in [1.165, 1.54) is 25.7 Å². The van der Waals surface area contributed by atoms with E-state index >= 15 is 0 Å². The molecule has 1 fully saturated rings. The SMILES string of the molecule is CCCc1c(NN)ncnc1NC1CCCC(C)(C)C1. The second kappa shape index (κ2) is 6.39. The highest BCUT2D eigenvalue weighted by atomic mass is 15.3. The van der Waals surface area contributed by atoms with Gasteiger partial charge in [-0.3, -0.25) is 0 Å². The maximum Gasteiger partial charge on any atom is 0.148 e. The number of hydrogen-bond acceptors (Lipinski definition) is 5. The first-order valence-electron chi connectivity index (χ1n) is 7.63. The summed E-state index contributed by atoms with van der Waals surface area (Å²) in [6.07, 6.45) is 8.54. The molecule has 0 bridgehead atoms. The standard InChI is InChI=1S/C15H27N5/c1-4-6-12-13(17-10-18-14(12)20-16)19-11-7-5-8-15(2,3)9-11/h10-11H,4-9,16H2,1-3H3,(H2,17,18,19,20). The number of nitrogens with one attached hydrogen (secondary N) is 2. The van der Waals surface area contributed by atoms with Crippen LogP contribution in [0.4, 0.5) is 11.6 Å². The van der Waals surface area contributed by atoms with Crippen molar-refractivity contribution in [2.75, 3.05) is 10.7 Å². The van der Waals surface area contributed by atoms with Crippen LogP contribution >= 0.6 is 0 Å². The molecule has 2 rings (SSSR count). The number of anilines is 2. The lowest BCUT2D eigenvalue weighted by molar-refractivity contribution is 0.229. The van der Waals surface area contributed by atoms with Gasteiger partial charge in [0, 0.05) is 11.6 Å². The fraction of sp³-hybridized carbons (Fsp3) is 0.733. The van der Waals surface area contributed by atoms with Gasteiger partial charge in [0.2, 0.25) is 0 Å². The molecule has 1 saturated carbocycles. The van der Waals surface area contributed by atoms with Crippen LogP contribution in [0.1, 0.15) is 58.4 Å². The molecule has 0 amide bonds. The van der Waals surface area contributed by atoms with E-state index in [9.17, 15) is 0 Å². The molecule has 20 heavy (non-hydrogen) atoms. The molecule has 1 aliphatic rings. The molecule has 112 valence electrons. The van der Waals surface area contributed by atoms with Gasteiger partial charge in [-0.1, -0.05) is 33.6 Å². The number of hydrogen-bond donors (Lipinski definition) is 3. The van der Waals surface area contributed by atoms with Crippen molar-refractivity contribution in [1.82, 2.24) is 9.97 Å². The number of nitrogens with two attached hydrogens (primary N) is 1. The predicted molar refractivity (Wildman–Crippen MR) is 83.5 cm³/mol. The van der Waals surface area contributed by atoms with Crippen LogP contribution in [0.25, 0.3) is 0 Å². The Kier molecular flexibility index (Phi) is 4.81. The quantitative estimate of drug-likeness (QED) is 0.569. The first-order valence-corrected chi connectivity index (χ1v) is 7.63. The lowest BCUT2D eigenvalue weighted by Gasteiger charge is -2.36. The largest absolute Gasteiger partial charge is 0.367 e. The van der Waals surface area contributed by atoms with E-state index in [1.807, 2.05) is 0 Å². The minimum Gasteiger partial charge on any atom is -0.367 e. The van der Waals surface area contributed by atoms with Gasteiger partial charge in [-0.05, 0) is 31.1 Å². The monoisotopic (exact) mass is 277 g/mol. The van der Waals surface area contributed by atoms with Crippen LogP contribution in [0, 0.1) is 5.41 Å². The van der Waals surface area contributed by atoms with Crippen LogP contribution in [-0.4, -0.2) is 16.0 Å². The average Bonchev–Trinajstić information content (AvgIpc) is 2.40. The Hall–Kier alpha value is -1.36. The summed E-state index contributed by atoms with van der Waals surface area (Å²) in [4.78, 5) is 8.64. The number of rotatable bonds is 5. The van der Waals surface area contributed by atoms with Crippen molar-refractivity contribution in [3.8, 4) is 0 Å². The fourth-order valence-corrected chi connectivity index (χ4v) is 3.16. The third-order valence-corrected chi connectivity index (χ3v) is 4.13. The minimum atomic E-state index is 0.419. The average molecular weight is 277 g/mol. The Morgan fingerprint density at radius 1 is 1.35 bits per heavy atom. The van der Waals surface area contributed by atoms with E-state index in [1.54, 1.807) is 6.33 Å². The molecule has 0 radical (unpaired) electrons. The fourth-order valence-electron chi connectivity index (χ4n) is 3.16. The highest BCUT2D eigenvalue weighted by Gasteiger charge is 2.28. The first-order chi connectivity index (χ1) is 9.55. The van der Waals surface area contributed by atoms with Crippen molar-refractivity contribution in [3.05, 3.63) is 11.9 Å². The Bertz CT molecular complexity index is 444. The van der Waals surface area contributed by atoms with Gasteiger partial charge in [0.05, 0.1) is 0 Å². The van der Waals surface area contributed by atoms with Crippen molar-refractivity contribution >= 4 is 11.6 Å². The van der Waals surface area contributed by atoms with E-state index in [2.05, 4.69) is 41.5 Å². The second-order valence-corrected chi connectivity index (χ2v) is 6.55. The molecule has 5 heteroatoms. The summed E-state index contributed by atoms with van der Waals surface area (Å²) < 4.78 is 0. The Labute approximate surface area is 121 Å². The Morgan fingerprint density at radius 3 is 2.75 bits per heavy atom. The minimum absolute atomic E-state index is 0.419. The maximum atomic E-state index is 5.56. The van der Waals surface area contributed by atoms with E-state index in [0.29, 0.717) is 11.5 Å². The van der Waals surface area contributed by atoms with Crippen LogP contribution in [0.15, 0.2) is 6.33 Å². The predicted octanol–water partition coefficient (Wildman–Crippen LogP) is 3.10. The zero-order chi connectivity index (χ0) is 14.6. The van der Waals surface area contributed by atoms with E-state index in [0.717, 1.165) is 30.0 Å². The molecule has 1 unspecified atom stereocenters. The zero-order valence-corrected chi connectivity index (χ0v) is 12.9. The van der Waals surface area contributed by atoms with Crippen molar-refractivity contribution in [3.63, 3.8) is 0 Å². The smallest absolute Gasteiger partial charge is 0.148 e. The number of hydrazine groups is 1. The van der Waals surface area contributed by atoms with Gasteiger partial charge in [-0.2, -0.15) is 0 Å². The summed E-state index contributed by atoms with van der Waals surface area (Å²) in [5.74, 6) is 7.24. The molecule has 1 aromatic rings. The maximum absolute atomic E-state index is 5.56. The normalized spacial score (nSPS) is 21.5. The molecule has 0 aliphatic heterocycles. The topological polar surface area (TPSA) is 75.9 Å². The molecule has 0 saturated heterocycles. The molecule has 1 aromatic heterocycles. The third kappa shape index (κ3) is 3.60. The summed E-state index contributed by atoms with van der Waals surface area (Å²) in [5, 5.41) is 3.62. The van der Waals surface area contributed by atoms with E-state index in [4.69, 9.17) is 5.84 Å². The molecule has 0 aromatic carbocycles. The van der Waals surface area contributed by atoms with Gasteiger partial charge in [-0.25, -0.2) is 15.8 Å². The molecule has 1 heterocycles. The van der Waals surface area contributed by atoms with Gasteiger partial charge in [-0.15, -0.1) is 0 Å². The van der Waals surface area contributed by atoms with Crippen molar-refractivity contribution < 1.29 is 0 Å². The van der Waals surface area contributed by atoms with Gasteiger partial charge in [0.15, 0.2) is 0 Å². The molecule has 5 nitrogen and oxygen atoms in total. The first kappa shape index (κ1) is 15.0. The van der Waals surface area contributed by atoms with E-state index in [-0.39, 0.29) is 0 Å². The van der Waals surface area contributed by atoms with Gasteiger partial charge < -0.3 is 10.7 Å². The molecular formula is C15H27N5. The summed E-state index contributed by atoms with van der Waals surface area (Å²) in [7, 11) is 0. The summed E-state index contributed by atoms with van der Waals surface area (Å²) in [6.45, 7) is 6.85. The molecular weight excluding hydrogens is 250 g/mol. The van der Waals surface area contributed by atoms with Crippen LogP contribution in [0.3, 0.4) is 0 Å². The van der Waals surface area contributed by atoms with E-state index < -0.39 is 0 Å². The zero-order valence-electron chi connectivity index (χ0n) is 12.9. The van der Waals surface area contributed by atoms with Crippen LogP contribution in [-0.2, 0) is 6.42 Å². The highest BCUT2D eigenvalue weighted by molar-refractivity contribution is 5.57. The molecule has 1 aliphatic carbocycles. The van der Waals surface area contributed by atoms with Gasteiger partial charge in [0.25, 0.3) is 0 Å². The molecule has 1 atom stereocenters. The van der Waals surface area contributed by atoms with Crippen LogP contribution in [0.2, 0.25) is 0 Å². The lowest BCUT2D eigenvalue weighted by atomic mass is 9.75.